The number of H-pyrrole nitrogens is 1. The number of rotatable bonds is 1. The monoisotopic (exact) mass is 130 g/mol. The highest BCUT2D eigenvalue weighted by Gasteiger charge is 1.95. The fourth-order valence-electron chi connectivity index (χ4n) is 0.348. The largest absolute Gasteiger partial charge is 0.367 e. The molecule has 1 rings (SSSR count). The number of hydrogen-bond donors (Lipinski definition) is 1. The summed E-state index contributed by atoms with van der Waals surface area (Å²) in [4.78, 5) is 5.93. The van der Waals surface area contributed by atoms with Crippen LogP contribution in [0.2, 0.25) is 0 Å². The predicted molar refractivity (Wildman–Crippen MR) is 26.5 cm³/mol. The summed E-state index contributed by atoms with van der Waals surface area (Å²) < 4.78 is 20.1. The summed E-state index contributed by atoms with van der Waals surface area (Å²) in [6.45, 7) is 0. The lowest BCUT2D eigenvalue weighted by Crippen LogP contribution is -1.88. The van der Waals surface area contributed by atoms with E-state index in [4.69, 9.17) is 0 Å². The molecule has 0 spiro atoms. The highest BCUT2D eigenvalue weighted by atomic mass is 31.1. The van der Waals surface area contributed by atoms with Crippen molar-refractivity contribution in [3.8, 4) is 0 Å². The summed E-state index contributed by atoms with van der Waals surface area (Å²) in [5, 5.41) is 0. The van der Waals surface area contributed by atoms with Crippen molar-refractivity contribution in [1.82, 2.24) is 9.97 Å². The zero-order chi connectivity index (χ0) is 5.98. The van der Waals surface area contributed by atoms with Crippen LogP contribution in [-0.2, 0) is 9.13 Å². The number of nitrogens with zero attached hydrogens (tertiary/aromatic N) is 1. The van der Waals surface area contributed by atoms with Gasteiger partial charge in [0.15, 0.2) is 5.44 Å². The predicted octanol–water partition coefficient (Wildman–Crippen LogP) is 0.208. The number of imidazole rings is 1. The van der Waals surface area contributed by atoms with Crippen molar-refractivity contribution in [2.45, 2.75) is 0 Å². The number of nitrogens with one attached hydrogen (secondary N) is 1. The van der Waals surface area contributed by atoms with Gasteiger partial charge in [0, 0.05) is 0 Å². The highest BCUT2D eigenvalue weighted by molar-refractivity contribution is 7.40. The van der Waals surface area contributed by atoms with Gasteiger partial charge in [-0.2, -0.15) is 0 Å². The van der Waals surface area contributed by atoms with E-state index >= 15 is 0 Å². The minimum Gasteiger partial charge on any atom is -0.336 e. The van der Waals surface area contributed by atoms with Gasteiger partial charge in [-0.05, 0) is 0 Å². The topological polar surface area (TPSA) is 62.8 Å². The van der Waals surface area contributed by atoms with Gasteiger partial charge in [-0.25, -0.2) is 14.1 Å². The molecule has 42 valence electrons. The third-order valence-electron chi connectivity index (χ3n) is 0.680. The fraction of sp³-hybridized carbons (Fsp3) is 0. The van der Waals surface area contributed by atoms with Gasteiger partial charge in [0.25, 0.3) is 0 Å². The highest BCUT2D eigenvalue weighted by Crippen LogP contribution is 1.97. The quantitative estimate of drug-likeness (QED) is 0.552. The molecule has 8 heavy (non-hydrogen) atoms. The van der Waals surface area contributed by atoms with E-state index in [0.29, 0.717) is 0 Å². The summed E-state index contributed by atoms with van der Waals surface area (Å²) in [6, 6.07) is 0. The van der Waals surface area contributed by atoms with Gasteiger partial charge in [0.2, 0.25) is 0 Å². The Morgan fingerprint density at radius 3 is 2.62 bits per heavy atom. The Labute approximate surface area is 45.8 Å². The van der Waals surface area contributed by atoms with Crippen molar-refractivity contribution in [1.29, 1.82) is 0 Å². The molecule has 5 heteroatoms. The normalized spacial score (nSPS) is 9.00. The van der Waals surface area contributed by atoms with E-state index in [-0.39, 0.29) is 5.44 Å². The Balaban J connectivity index is 3.11. The van der Waals surface area contributed by atoms with Crippen LogP contribution in [0.4, 0.5) is 0 Å². The van der Waals surface area contributed by atoms with Crippen molar-refractivity contribution in [2.75, 3.05) is 0 Å². The molecule has 0 amide bonds. The first-order valence-electron chi connectivity index (χ1n) is 1.93. The average Bonchev–Trinajstić information content (AvgIpc) is 2.12. The average molecular weight is 130 g/mol. The fourth-order valence-corrected chi connectivity index (χ4v) is 0.672. The van der Waals surface area contributed by atoms with Crippen LogP contribution in [0, 0.1) is 0 Å². The summed E-state index contributed by atoms with van der Waals surface area (Å²) in [6.07, 6.45) is 2.58. The summed E-state index contributed by atoms with van der Waals surface area (Å²) in [7, 11) is -2.48. The Hall–Kier alpha value is -0.890. The molecule has 0 atom stereocenters. The molecule has 0 aliphatic carbocycles. The van der Waals surface area contributed by atoms with Crippen LogP contribution in [0.5, 0.6) is 0 Å². The van der Waals surface area contributed by atoms with Crippen LogP contribution in [0.3, 0.4) is 0 Å². The van der Waals surface area contributed by atoms with E-state index in [1.54, 1.807) is 0 Å². The SMILES string of the molecule is O=P(=O)c1cnc[nH]1. The Bertz CT molecular complexity index is 217. The van der Waals surface area contributed by atoms with E-state index in [1.165, 1.54) is 12.5 Å². The minimum atomic E-state index is -2.48. The number of aromatic nitrogens is 2. The molecule has 4 nitrogen and oxygen atoms in total. The molecule has 0 unspecified atom stereocenters. The molecular weight excluding hydrogens is 127 g/mol. The van der Waals surface area contributed by atoms with Crippen molar-refractivity contribution >= 4 is 13.1 Å². The molecule has 0 saturated heterocycles. The molecule has 1 aromatic rings. The lowest BCUT2D eigenvalue weighted by Gasteiger charge is -1.67. The van der Waals surface area contributed by atoms with Gasteiger partial charge in [0.05, 0.1) is 12.5 Å². The molecule has 0 saturated carbocycles. The van der Waals surface area contributed by atoms with Crippen LogP contribution in [0.25, 0.3) is 0 Å². The molecule has 1 heterocycles. The first-order chi connectivity index (χ1) is 3.80. The Kier molecular flexibility index (Phi) is 1.26. The first kappa shape index (κ1) is 5.25. The van der Waals surface area contributed by atoms with E-state index in [0.717, 1.165) is 0 Å². The van der Waals surface area contributed by atoms with E-state index in [2.05, 4.69) is 9.97 Å². The zero-order valence-electron chi connectivity index (χ0n) is 3.87. The second-order valence-corrected chi connectivity index (χ2v) is 2.19. The zero-order valence-corrected chi connectivity index (χ0v) is 4.76. The van der Waals surface area contributed by atoms with Crippen LogP contribution in [0.1, 0.15) is 0 Å². The summed E-state index contributed by atoms with van der Waals surface area (Å²) in [5.41, 5.74) is 0.153. The third kappa shape index (κ3) is 0.845. The van der Waals surface area contributed by atoms with Crippen molar-refractivity contribution in [3.05, 3.63) is 12.5 Å². The summed E-state index contributed by atoms with van der Waals surface area (Å²) in [5.74, 6) is 0. The van der Waals surface area contributed by atoms with Crippen LogP contribution in [0.15, 0.2) is 12.5 Å². The molecule has 0 radical (unpaired) electrons. The number of hydrogen-bond acceptors (Lipinski definition) is 3. The van der Waals surface area contributed by atoms with Gasteiger partial charge in [-0.1, -0.05) is 0 Å². The lowest BCUT2D eigenvalue weighted by atomic mass is 11.0. The van der Waals surface area contributed by atoms with Crippen LogP contribution in [-0.4, -0.2) is 9.97 Å². The van der Waals surface area contributed by atoms with E-state index < -0.39 is 7.68 Å². The standard InChI is InChI=1S/C3H3N2O2P/c6-8(7)3-1-4-2-5-3/h1-2H,(H,4,5). The maximum Gasteiger partial charge on any atom is 0.367 e. The maximum atomic E-state index is 10.0. The van der Waals surface area contributed by atoms with Gasteiger partial charge < -0.3 is 4.98 Å². The lowest BCUT2D eigenvalue weighted by molar-refractivity contribution is 0.522. The van der Waals surface area contributed by atoms with Gasteiger partial charge in [0.1, 0.15) is 0 Å². The third-order valence-corrected chi connectivity index (χ3v) is 1.32. The van der Waals surface area contributed by atoms with Crippen molar-refractivity contribution < 1.29 is 9.13 Å². The van der Waals surface area contributed by atoms with Gasteiger partial charge >= 0.3 is 7.68 Å². The van der Waals surface area contributed by atoms with Crippen molar-refractivity contribution in [3.63, 3.8) is 0 Å². The molecule has 0 aliphatic heterocycles. The van der Waals surface area contributed by atoms with E-state index in [9.17, 15) is 9.13 Å². The molecule has 0 aliphatic rings. The molecule has 0 fully saturated rings. The molecule has 0 aromatic carbocycles. The van der Waals surface area contributed by atoms with Crippen LogP contribution >= 0.6 is 7.68 Å². The Morgan fingerprint density at radius 2 is 2.38 bits per heavy atom. The van der Waals surface area contributed by atoms with E-state index in [1.807, 2.05) is 0 Å². The first-order valence-corrected chi connectivity index (χ1v) is 3.11. The molecule has 0 bridgehead atoms. The Morgan fingerprint density at radius 1 is 1.62 bits per heavy atom. The van der Waals surface area contributed by atoms with Crippen molar-refractivity contribution in [2.24, 2.45) is 0 Å². The minimum absolute atomic E-state index is 0.153. The smallest absolute Gasteiger partial charge is 0.336 e. The molecular formula is C3H3N2O2P. The van der Waals surface area contributed by atoms with Gasteiger partial charge in [-0.15, -0.1) is 0 Å². The van der Waals surface area contributed by atoms with Gasteiger partial charge in [-0.3, -0.25) is 0 Å². The van der Waals surface area contributed by atoms with Crippen LogP contribution < -0.4 is 5.44 Å². The second kappa shape index (κ2) is 1.92. The summed E-state index contributed by atoms with van der Waals surface area (Å²) >= 11 is 0. The molecule has 1 N–H and O–H groups in total. The number of aromatic amines is 1. The molecule has 1 aromatic heterocycles. The maximum absolute atomic E-state index is 10.0. The second-order valence-electron chi connectivity index (χ2n) is 1.19.